The van der Waals surface area contributed by atoms with Crippen LogP contribution >= 0.6 is 0 Å². The van der Waals surface area contributed by atoms with Crippen molar-refractivity contribution in [2.24, 2.45) is 5.73 Å². The first-order valence-corrected chi connectivity index (χ1v) is 5.50. The molecule has 1 aliphatic heterocycles. The Morgan fingerprint density at radius 1 is 1.20 bits per heavy atom. The lowest BCUT2D eigenvalue weighted by atomic mass is 9.77. The predicted molar refractivity (Wildman–Crippen MR) is 61.6 cm³/mol. The van der Waals surface area contributed by atoms with Gasteiger partial charge in [0.05, 0.1) is 5.60 Å². The second-order valence-electron chi connectivity index (χ2n) is 5.06. The maximum Gasteiger partial charge on any atom is 0.0647 e. The number of benzene rings is 1. The molecule has 82 valence electrons. The molecule has 2 rings (SSSR count). The van der Waals surface area contributed by atoms with Gasteiger partial charge in [-0.1, -0.05) is 30.3 Å². The molecule has 0 amide bonds. The first-order valence-electron chi connectivity index (χ1n) is 5.50. The zero-order valence-corrected chi connectivity index (χ0v) is 9.49. The molecule has 0 radical (unpaired) electrons. The predicted octanol–water partition coefficient (Wildman–Crippen LogP) is 2.43. The normalized spacial score (nSPS) is 30.1. The average Bonchev–Trinajstić information content (AvgIpc) is 2.17. The lowest BCUT2D eigenvalue weighted by molar-refractivity contribution is -0.0813. The van der Waals surface area contributed by atoms with Gasteiger partial charge < -0.3 is 10.5 Å². The minimum absolute atomic E-state index is 0.108. The highest BCUT2D eigenvalue weighted by Gasteiger charge is 2.38. The van der Waals surface area contributed by atoms with Crippen LogP contribution in [-0.4, -0.2) is 12.2 Å². The second-order valence-corrected chi connectivity index (χ2v) is 5.06. The summed E-state index contributed by atoms with van der Waals surface area (Å²) < 4.78 is 5.70. The van der Waals surface area contributed by atoms with E-state index < -0.39 is 0 Å². The van der Waals surface area contributed by atoms with Crippen LogP contribution in [-0.2, 0) is 10.3 Å². The van der Waals surface area contributed by atoms with Gasteiger partial charge in [-0.15, -0.1) is 0 Å². The summed E-state index contributed by atoms with van der Waals surface area (Å²) in [7, 11) is 0. The summed E-state index contributed by atoms with van der Waals surface area (Å²) in [4.78, 5) is 0. The van der Waals surface area contributed by atoms with E-state index in [0.29, 0.717) is 0 Å². The van der Waals surface area contributed by atoms with Crippen molar-refractivity contribution in [2.75, 3.05) is 6.61 Å². The number of ether oxygens (including phenoxy) is 1. The maximum absolute atomic E-state index is 6.48. The fraction of sp³-hybridized carbons (Fsp3) is 0.538. The summed E-state index contributed by atoms with van der Waals surface area (Å²) in [5, 5.41) is 0. The average molecular weight is 205 g/mol. The monoisotopic (exact) mass is 205 g/mol. The van der Waals surface area contributed by atoms with E-state index in [1.54, 1.807) is 0 Å². The molecule has 2 nitrogen and oxygen atoms in total. The Balaban J connectivity index is 2.27. The minimum atomic E-state index is -0.219. The summed E-state index contributed by atoms with van der Waals surface area (Å²) in [6.07, 6.45) is 1.78. The largest absolute Gasteiger partial charge is 0.375 e. The molecule has 2 N–H and O–H groups in total. The van der Waals surface area contributed by atoms with Gasteiger partial charge in [-0.2, -0.15) is 0 Å². The van der Waals surface area contributed by atoms with E-state index in [1.165, 1.54) is 5.56 Å². The third-order valence-corrected chi connectivity index (χ3v) is 3.13. The number of hydrogen-bond donors (Lipinski definition) is 1. The number of hydrogen-bond acceptors (Lipinski definition) is 2. The molecule has 1 heterocycles. The van der Waals surface area contributed by atoms with E-state index in [9.17, 15) is 0 Å². The third kappa shape index (κ3) is 2.21. The molecule has 15 heavy (non-hydrogen) atoms. The zero-order valence-electron chi connectivity index (χ0n) is 9.49. The molecule has 0 spiro atoms. The van der Waals surface area contributed by atoms with Crippen molar-refractivity contribution in [2.45, 2.75) is 37.8 Å². The van der Waals surface area contributed by atoms with Crippen LogP contribution in [0.2, 0.25) is 0 Å². The topological polar surface area (TPSA) is 35.2 Å². The van der Waals surface area contributed by atoms with Crippen LogP contribution in [0.4, 0.5) is 0 Å². The number of rotatable bonds is 1. The fourth-order valence-corrected chi connectivity index (χ4v) is 2.43. The quantitative estimate of drug-likeness (QED) is 0.764. The van der Waals surface area contributed by atoms with Crippen LogP contribution in [0, 0.1) is 0 Å². The maximum atomic E-state index is 6.48. The molecule has 1 aliphatic rings. The van der Waals surface area contributed by atoms with E-state index in [1.807, 2.05) is 18.2 Å². The molecule has 1 saturated heterocycles. The van der Waals surface area contributed by atoms with Crippen LogP contribution in [0.25, 0.3) is 0 Å². The Morgan fingerprint density at radius 2 is 1.87 bits per heavy atom. The molecular formula is C13H19NO. The van der Waals surface area contributed by atoms with Gasteiger partial charge in [0.1, 0.15) is 0 Å². The van der Waals surface area contributed by atoms with Gasteiger partial charge in [0.15, 0.2) is 0 Å². The van der Waals surface area contributed by atoms with Crippen LogP contribution in [0.3, 0.4) is 0 Å². The molecular weight excluding hydrogens is 186 g/mol. The van der Waals surface area contributed by atoms with Crippen molar-refractivity contribution in [1.82, 2.24) is 0 Å². The van der Waals surface area contributed by atoms with Crippen molar-refractivity contribution in [1.29, 1.82) is 0 Å². The summed E-state index contributed by atoms with van der Waals surface area (Å²) in [5.41, 5.74) is 7.37. The van der Waals surface area contributed by atoms with Gasteiger partial charge in [-0.3, -0.25) is 0 Å². The van der Waals surface area contributed by atoms with Crippen molar-refractivity contribution < 1.29 is 4.74 Å². The Hall–Kier alpha value is -0.860. The Morgan fingerprint density at radius 3 is 2.47 bits per heavy atom. The molecule has 1 aromatic rings. The molecule has 1 fully saturated rings. The van der Waals surface area contributed by atoms with Gasteiger partial charge in [-0.25, -0.2) is 0 Å². The van der Waals surface area contributed by atoms with Gasteiger partial charge in [0, 0.05) is 12.1 Å². The summed E-state index contributed by atoms with van der Waals surface area (Å²) in [6, 6.07) is 10.3. The molecule has 0 aliphatic carbocycles. The molecule has 0 bridgehead atoms. The van der Waals surface area contributed by atoms with Crippen molar-refractivity contribution in [3.63, 3.8) is 0 Å². The summed E-state index contributed by atoms with van der Waals surface area (Å²) in [6.45, 7) is 4.96. The van der Waals surface area contributed by atoms with Crippen LogP contribution in [0.1, 0.15) is 32.3 Å². The Bertz CT molecular complexity index is 334. The zero-order chi connectivity index (χ0) is 10.9. The molecule has 0 aromatic heterocycles. The van der Waals surface area contributed by atoms with Crippen molar-refractivity contribution >= 4 is 0 Å². The first kappa shape index (κ1) is 10.7. The van der Waals surface area contributed by atoms with E-state index in [4.69, 9.17) is 10.5 Å². The van der Waals surface area contributed by atoms with Crippen LogP contribution < -0.4 is 5.73 Å². The SMILES string of the molecule is CC1(C)CC(N)(c2ccccc2)CCO1. The molecule has 0 saturated carbocycles. The highest BCUT2D eigenvalue weighted by Crippen LogP contribution is 2.37. The lowest BCUT2D eigenvalue weighted by Gasteiger charge is -2.42. The van der Waals surface area contributed by atoms with Crippen molar-refractivity contribution in [3.8, 4) is 0 Å². The van der Waals surface area contributed by atoms with Crippen molar-refractivity contribution in [3.05, 3.63) is 35.9 Å². The van der Waals surface area contributed by atoms with Crippen LogP contribution in [0.15, 0.2) is 30.3 Å². The molecule has 1 aromatic carbocycles. The van der Waals surface area contributed by atoms with E-state index >= 15 is 0 Å². The van der Waals surface area contributed by atoms with E-state index in [0.717, 1.165) is 19.4 Å². The third-order valence-electron chi connectivity index (χ3n) is 3.13. The molecule has 2 heteroatoms. The fourth-order valence-electron chi connectivity index (χ4n) is 2.43. The second kappa shape index (κ2) is 3.62. The summed E-state index contributed by atoms with van der Waals surface area (Å²) in [5.74, 6) is 0. The Labute approximate surface area is 91.4 Å². The van der Waals surface area contributed by atoms with Gasteiger partial charge in [-0.05, 0) is 32.3 Å². The minimum Gasteiger partial charge on any atom is -0.375 e. The lowest BCUT2D eigenvalue weighted by Crippen LogP contribution is -2.49. The molecule has 1 unspecified atom stereocenters. The smallest absolute Gasteiger partial charge is 0.0647 e. The standard InChI is InChI=1S/C13H19NO/c1-12(2)10-13(14,8-9-15-12)11-6-4-3-5-7-11/h3-7H,8-10,14H2,1-2H3. The van der Waals surface area contributed by atoms with E-state index in [-0.39, 0.29) is 11.1 Å². The first-order chi connectivity index (χ1) is 7.02. The summed E-state index contributed by atoms with van der Waals surface area (Å²) >= 11 is 0. The number of nitrogens with two attached hydrogens (primary N) is 1. The Kier molecular flexibility index (Phi) is 2.57. The van der Waals surface area contributed by atoms with E-state index in [2.05, 4.69) is 26.0 Å². The van der Waals surface area contributed by atoms with Crippen LogP contribution in [0.5, 0.6) is 0 Å². The van der Waals surface area contributed by atoms with Gasteiger partial charge in [0.2, 0.25) is 0 Å². The highest BCUT2D eigenvalue weighted by molar-refractivity contribution is 5.25. The van der Waals surface area contributed by atoms with Gasteiger partial charge in [0.25, 0.3) is 0 Å². The molecule has 1 atom stereocenters. The van der Waals surface area contributed by atoms with Gasteiger partial charge >= 0.3 is 0 Å². The highest BCUT2D eigenvalue weighted by atomic mass is 16.5.